The Morgan fingerprint density at radius 3 is 1.78 bits per heavy atom. The zero-order chi connectivity index (χ0) is 22.9. The van der Waals surface area contributed by atoms with Crippen LogP contribution in [0.25, 0.3) is 0 Å². The standard InChI is InChI=1S/C14H29.C12H13N3O2.Al.2H/c1-4-6-8-9-11-13-14(3)12-10-7-5-2;16-9-7-8(13-1-2-13)12(17)11(15-5-6-15)10(9)14-3-4-14;;;/h14H,3-13H2,1-2H3;7H,1-6H2;;;. The normalized spacial score (nSPS) is 20.2. The van der Waals surface area contributed by atoms with Crippen molar-refractivity contribution >= 4 is 27.9 Å². The Labute approximate surface area is 203 Å². The highest BCUT2D eigenvalue weighted by molar-refractivity contribution is 6.22. The lowest BCUT2D eigenvalue weighted by molar-refractivity contribution is -0.117. The third-order valence-corrected chi connectivity index (χ3v) is 8.15. The quantitative estimate of drug-likeness (QED) is 0.172. The highest BCUT2D eigenvalue weighted by Gasteiger charge is 2.43. The molecule has 5 nitrogen and oxygen atoms in total. The van der Waals surface area contributed by atoms with Gasteiger partial charge in [-0.1, -0.05) is 89.3 Å². The van der Waals surface area contributed by atoms with Gasteiger partial charge in [-0.15, -0.1) is 0 Å². The van der Waals surface area contributed by atoms with Gasteiger partial charge in [-0.05, 0) is 0 Å². The molecule has 32 heavy (non-hydrogen) atoms. The van der Waals surface area contributed by atoms with Crippen molar-refractivity contribution in [3.63, 3.8) is 0 Å². The molecular weight excluding hydrogens is 413 g/mol. The average Bonchev–Trinajstić information content (AvgIpc) is 3.65. The second-order valence-electron chi connectivity index (χ2n) is 9.85. The van der Waals surface area contributed by atoms with Gasteiger partial charge in [-0.2, -0.15) is 0 Å². The first-order chi connectivity index (χ1) is 15.6. The largest absolute Gasteiger partial charge is 0.365 e. The van der Waals surface area contributed by atoms with Crippen molar-refractivity contribution in [2.75, 3.05) is 39.3 Å². The van der Waals surface area contributed by atoms with Crippen LogP contribution in [0, 0.1) is 5.92 Å². The molecule has 3 fully saturated rings. The van der Waals surface area contributed by atoms with Gasteiger partial charge in [-0.25, -0.2) is 0 Å². The van der Waals surface area contributed by atoms with Gasteiger partial charge in [-0.3, -0.25) is 9.59 Å². The number of hydrogen-bond acceptors (Lipinski definition) is 5. The van der Waals surface area contributed by atoms with Crippen LogP contribution < -0.4 is 0 Å². The predicted octanol–water partition coefficient (Wildman–Crippen LogP) is 3.78. The minimum Gasteiger partial charge on any atom is -0.365 e. The number of nitrogens with zero attached hydrogens (tertiary/aromatic N) is 3. The van der Waals surface area contributed by atoms with Crippen molar-refractivity contribution in [3.8, 4) is 0 Å². The van der Waals surface area contributed by atoms with Gasteiger partial charge in [0.2, 0.25) is 27.9 Å². The van der Waals surface area contributed by atoms with Gasteiger partial charge < -0.3 is 14.7 Å². The van der Waals surface area contributed by atoms with E-state index in [1.54, 1.807) is 0 Å². The number of ketones is 2. The van der Waals surface area contributed by atoms with Crippen LogP contribution in [0.15, 0.2) is 23.2 Å². The molecule has 1 atom stereocenters. The Kier molecular flexibility index (Phi) is 10.2. The van der Waals surface area contributed by atoms with E-state index in [0.717, 1.165) is 45.2 Å². The van der Waals surface area contributed by atoms with E-state index in [2.05, 4.69) is 13.8 Å². The van der Waals surface area contributed by atoms with Crippen molar-refractivity contribution in [3.05, 3.63) is 23.2 Å². The van der Waals surface area contributed by atoms with Gasteiger partial charge >= 0.3 is 0 Å². The van der Waals surface area contributed by atoms with E-state index in [-0.39, 0.29) is 11.6 Å². The van der Waals surface area contributed by atoms with Crippen LogP contribution in [0.1, 0.15) is 78.1 Å². The predicted molar refractivity (Wildman–Crippen MR) is 134 cm³/mol. The van der Waals surface area contributed by atoms with E-state index in [4.69, 9.17) is 0 Å². The molecule has 1 unspecified atom stereocenters. The van der Waals surface area contributed by atoms with Crippen molar-refractivity contribution in [2.24, 2.45) is 5.92 Å². The summed E-state index contributed by atoms with van der Waals surface area (Å²) in [6.45, 7) is 10.0. The van der Waals surface area contributed by atoms with Crippen LogP contribution in [0.5, 0.6) is 0 Å². The van der Waals surface area contributed by atoms with E-state index in [9.17, 15) is 9.59 Å². The number of hydrogen-bond donors (Lipinski definition) is 0. The molecule has 0 amide bonds. The minimum absolute atomic E-state index is 0.00546. The summed E-state index contributed by atoms with van der Waals surface area (Å²) >= 11 is 1.41. The lowest BCUT2D eigenvalue weighted by Crippen LogP contribution is -2.29. The fourth-order valence-corrected chi connectivity index (χ4v) is 5.36. The number of allylic oxidation sites excluding steroid dienone is 1. The molecule has 0 aromatic carbocycles. The second-order valence-corrected chi connectivity index (χ2v) is 10.7. The van der Waals surface area contributed by atoms with Gasteiger partial charge in [0.1, 0.15) is 11.4 Å². The van der Waals surface area contributed by atoms with E-state index in [1.165, 1.54) is 91.9 Å². The molecule has 0 aromatic rings. The molecule has 3 aliphatic heterocycles. The molecule has 0 N–H and O–H groups in total. The van der Waals surface area contributed by atoms with Crippen LogP contribution >= 0.6 is 0 Å². The maximum atomic E-state index is 12.4. The summed E-state index contributed by atoms with van der Waals surface area (Å²) in [4.78, 5) is 30.5. The fourth-order valence-electron chi connectivity index (χ4n) is 4.55. The second kappa shape index (κ2) is 12.8. The molecule has 0 spiro atoms. The monoisotopic (exact) mass is 457 g/mol. The molecule has 3 saturated heterocycles. The first kappa shape index (κ1) is 25.4. The summed E-state index contributed by atoms with van der Waals surface area (Å²) in [7, 11) is 0. The molecule has 0 saturated carbocycles. The van der Waals surface area contributed by atoms with Gasteiger partial charge in [0.25, 0.3) is 0 Å². The molecule has 1 aliphatic carbocycles. The Morgan fingerprint density at radius 1 is 0.750 bits per heavy atom. The number of unbranched alkanes of at least 4 members (excludes halogenated alkanes) is 6. The lowest BCUT2D eigenvalue weighted by atomic mass is 9.96. The van der Waals surface area contributed by atoms with Crippen LogP contribution in [0.4, 0.5) is 0 Å². The van der Waals surface area contributed by atoms with Crippen molar-refractivity contribution in [2.45, 2.75) is 83.3 Å². The third-order valence-electron chi connectivity index (χ3n) is 7.00. The van der Waals surface area contributed by atoms with E-state index >= 15 is 0 Å². The zero-order valence-electron chi connectivity index (χ0n) is 20.8. The van der Waals surface area contributed by atoms with Crippen LogP contribution in [0.2, 0.25) is 5.28 Å². The maximum Gasteiger partial charge on any atom is 0.227 e. The van der Waals surface area contributed by atoms with Crippen LogP contribution in [-0.4, -0.2) is 81.8 Å². The van der Waals surface area contributed by atoms with Crippen molar-refractivity contribution in [1.82, 2.24) is 14.7 Å². The number of rotatable bonds is 14. The van der Waals surface area contributed by atoms with Crippen LogP contribution in [-0.2, 0) is 9.59 Å². The van der Waals surface area contributed by atoms with Gasteiger partial charge in [0.05, 0.1) is 5.70 Å². The maximum absolute atomic E-state index is 12.4. The van der Waals surface area contributed by atoms with E-state index < -0.39 is 0 Å². The molecule has 0 aromatic heterocycles. The van der Waals surface area contributed by atoms with Gasteiger partial charge in [0.15, 0.2) is 0 Å². The molecule has 4 aliphatic rings. The van der Waals surface area contributed by atoms with Crippen molar-refractivity contribution < 1.29 is 9.59 Å². The Balaban J connectivity index is 0.000000183. The number of carbonyl (C=O) groups is 2. The molecule has 4 rings (SSSR count). The summed E-state index contributed by atoms with van der Waals surface area (Å²) in [5.41, 5.74) is 1.89. The molecule has 0 bridgehead atoms. The molecule has 3 heterocycles. The lowest BCUT2D eigenvalue weighted by Gasteiger charge is -2.21. The molecule has 6 heteroatoms. The topological polar surface area (TPSA) is 43.2 Å². The Hall–Kier alpha value is -1.25. The summed E-state index contributed by atoms with van der Waals surface area (Å²) < 4.78 is 0. The van der Waals surface area contributed by atoms with E-state index in [0.29, 0.717) is 17.1 Å². The van der Waals surface area contributed by atoms with Crippen molar-refractivity contribution in [1.29, 1.82) is 0 Å². The molecular formula is C26H44AlN3O2. The van der Waals surface area contributed by atoms with Gasteiger partial charge in [0, 0.05) is 45.3 Å². The Bertz CT molecular complexity index is 706. The smallest absolute Gasteiger partial charge is 0.227 e. The number of carbonyl (C=O) groups excluding carboxylic acids is 2. The Morgan fingerprint density at radius 2 is 1.25 bits per heavy atom. The van der Waals surface area contributed by atoms with Crippen LogP contribution in [0.3, 0.4) is 0 Å². The first-order valence-corrected chi connectivity index (χ1v) is 14.8. The fraction of sp³-hybridized carbons (Fsp3) is 0.769. The highest BCUT2D eigenvalue weighted by Crippen LogP contribution is 2.33. The minimum atomic E-state index is 0.00546. The van der Waals surface area contributed by atoms with E-state index in [1.807, 2.05) is 14.7 Å². The SMILES string of the molecule is CCCCCCCC([CH2][AlH2])CCCCC.O=C1C=C(N2CC2)C(=O)C(N2CC2)=C1N1CC1. The summed E-state index contributed by atoms with van der Waals surface area (Å²) in [6.07, 6.45) is 16.2. The first-order valence-electron chi connectivity index (χ1n) is 13.4. The average molecular weight is 458 g/mol. The summed E-state index contributed by atoms with van der Waals surface area (Å²) in [5.74, 6) is 1.14. The zero-order valence-corrected chi connectivity index (χ0v) is 22.8. The summed E-state index contributed by atoms with van der Waals surface area (Å²) in [6, 6.07) is 0. The molecule has 178 valence electrons. The number of Topliss-reactive ketones (excluding diaryl/α,β-unsaturated/α-hetero) is 1. The highest BCUT2D eigenvalue weighted by atomic mass is 27.0. The third kappa shape index (κ3) is 7.66. The molecule has 0 radical (unpaired) electrons. The summed E-state index contributed by atoms with van der Waals surface area (Å²) in [5, 5.41) is 1.54.